The van der Waals surface area contributed by atoms with Crippen LogP contribution in [0.2, 0.25) is 0 Å². The first kappa shape index (κ1) is 16.6. The van der Waals surface area contributed by atoms with E-state index in [9.17, 15) is 4.79 Å². The quantitative estimate of drug-likeness (QED) is 0.709. The van der Waals surface area contributed by atoms with Crippen molar-refractivity contribution in [2.75, 3.05) is 13.1 Å². The summed E-state index contributed by atoms with van der Waals surface area (Å²) in [6.07, 6.45) is 10.1. The lowest BCUT2D eigenvalue weighted by molar-refractivity contribution is -0.147. The van der Waals surface area contributed by atoms with E-state index in [0.29, 0.717) is 16.7 Å². The highest BCUT2D eigenvalue weighted by Crippen LogP contribution is 2.84. The lowest BCUT2D eigenvalue weighted by atomic mass is 9.44. The molecule has 5 unspecified atom stereocenters. The van der Waals surface area contributed by atoms with Crippen molar-refractivity contribution >= 4 is 5.91 Å². The van der Waals surface area contributed by atoms with Crippen molar-refractivity contribution in [3.05, 3.63) is 35.9 Å². The maximum atomic E-state index is 14.0. The van der Waals surface area contributed by atoms with Crippen LogP contribution in [0.1, 0.15) is 70.8 Å². The smallest absolute Gasteiger partial charge is 0.228 e. The average Bonchev–Trinajstić information content (AvgIpc) is 2.95. The Morgan fingerprint density at radius 2 is 1.89 bits per heavy atom. The topological polar surface area (TPSA) is 20.3 Å². The first-order chi connectivity index (χ1) is 12.9. The van der Waals surface area contributed by atoms with E-state index in [1.807, 2.05) is 0 Å². The lowest BCUT2D eigenvalue weighted by Gasteiger charge is -2.59. The molecule has 1 saturated heterocycles. The minimum Gasteiger partial charge on any atom is -0.342 e. The van der Waals surface area contributed by atoms with Crippen molar-refractivity contribution < 1.29 is 4.79 Å². The Bertz CT molecular complexity index is 800. The van der Waals surface area contributed by atoms with Gasteiger partial charge in [0.15, 0.2) is 0 Å². The number of nitrogens with zero attached hydrogens (tertiary/aromatic N) is 1. The van der Waals surface area contributed by atoms with Gasteiger partial charge in [-0.3, -0.25) is 4.79 Å². The van der Waals surface area contributed by atoms with Gasteiger partial charge in [0, 0.05) is 18.5 Å². The standard InChI is InChI=1S/C25H33NO/c1-22(2)9-6-10-26(17-22)21(27)23-12-18-11-20-14-25(16-23,24(20,13-18)15-23)19-7-4-3-5-8-19/h3-5,7-8,18,20H,6,9-17H2,1-2H3. The van der Waals surface area contributed by atoms with Crippen LogP contribution in [0, 0.1) is 28.1 Å². The molecular weight excluding hydrogens is 330 g/mol. The number of hydrogen-bond donors (Lipinski definition) is 0. The molecule has 5 atom stereocenters. The fourth-order valence-electron chi connectivity index (χ4n) is 8.92. The summed E-state index contributed by atoms with van der Waals surface area (Å²) in [6, 6.07) is 11.3. The van der Waals surface area contributed by atoms with E-state index >= 15 is 0 Å². The molecule has 1 heterocycles. The lowest BCUT2D eigenvalue weighted by Crippen LogP contribution is -2.55. The monoisotopic (exact) mass is 363 g/mol. The maximum Gasteiger partial charge on any atom is 0.228 e. The summed E-state index contributed by atoms with van der Waals surface area (Å²) < 4.78 is 0. The fraction of sp³-hybridized carbons (Fsp3) is 0.720. The summed E-state index contributed by atoms with van der Waals surface area (Å²) in [4.78, 5) is 16.3. The van der Waals surface area contributed by atoms with Crippen molar-refractivity contribution in [2.24, 2.45) is 28.1 Å². The third kappa shape index (κ3) is 1.95. The number of benzene rings is 1. The number of piperidine rings is 1. The van der Waals surface area contributed by atoms with Gasteiger partial charge in [-0.2, -0.15) is 0 Å². The van der Waals surface area contributed by atoms with Gasteiger partial charge < -0.3 is 4.90 Å². The van der Waals surface area contributed by atoms with E-state index in [2.05, 4.69) is 49.1 Å². The second-order valence-electron chi connectivity index (χ2n) is 11.6. The second-order valence-corrected chi connectivity index (χ2v) is 11.6. The molecule has 6 rings (SSSR count). The molecule has 4 aliphatic carbocycles. The van der Waals surface area contributed by atoms with Gasteiger partial charge in [0.1, 0.15) is 0 Å². The molecule has 1 amide bonds. The molecule has 3 bridgehead atoms. The summed E-state index contributed by atoms with van der Waals surface area (Å²) in [5, 5.41) is 0. The molecule has 0 aromatic heterocycles. The van der Waals surface area contributed by atoms with Crippen LogP contribution in [0.3, 0.4) is 0 Å². The molecule has 1 aromatic carbocycles. The number of carbonyl (C=O) groups excluding carboxylic acids is 1. The number of rotatable bonds is 2. The molecule has 27 heavy (non-hydrogen) atoms. The van der Waals surface area contributed by atoms with Crippen LogP contribution in [0.4, 0.5) is 0 Å². The Labute approximate surface area is 163 Å². The average molecular weight is 364 g/mol. The fourth-order valence-corrected chi connectivity index (χ4v) is 8.92. The van der Waals surface area contributed by atoms with Crippen LogP contribution < -0.4 is 0 Å². The van der Waals surface area contributed by atoms with E-state index in [1.54, 1.807) is 0 Å². The molecule has 2 nitrogen and oxygen atoms in total. The third-order valence-corrected chi connectivity index (χ3v) is 9.54. The van der Waals surface area contributed by atoms with Crippen LogP contribution in [-0.2, 0) is 10.2 Å². The van der Waals surface area contributed by atoms with Crippen LogP contribution in [0.15, 0.2) is 30.3 Å². The summed E-state index contributed by atoms with van der Waals surface area (Å²) in [5.74, 6) is 2.22. The minimum absolute atomic E-state index is 0.0581. The van der Waals surface area contributed by atoms with Gasteiger partial charge in [-0.25, -0.2) is 0 Å². The minimum atomic E-state index is -0.0581. The Morgan fingerprint density at radius 3 is 2.67 bits per heavy atom. The van der Waals surface area contributed by atoms with Gasteiger partial charge in [0.25, 0.3) is 0 Å². The van der Waals surface area contributed by atoms with Crippen LogP contribution >= 0.6 is 0 Å². The molecule has 1 aromatic rings. The van der Waals surface area contributed by atoms with Gasteiger partial charge in [0.2, 0.25) is 5.91 Å². The summed E-state index contributed by atoms with van der Waals surface area (Å²) in [6.45, 7) is 6.64. The van der Waals surface area contributed by atoms with E-state index in [0.717, 1.165) is 31.3 Å². The van der Waals surface area contributed by atoms with Gasteiger partial charge in [-0.1, -0.05) is 44.2 Å². The summed E-state index contributed by atoms with van der Waals surface area (Å²) in [7, 11) is 0. The second kappa shape index (κ2) is 4.99. The molecule has 5 fully saturated rings. The van der Waals surface area contributed by atoms with E-state index < -0.39 is 0 Å². The molecule has 5 aliphatic rings. The third-order valence-electron chi connectivity index (χ3n) is 9.54. The number of carbonyl (C=O) groups is 1. The molecule has 2 heteroatoms. The SMILES string of the molecule is CC1(C)CCCN(C(=O)C23CC4CC5CC(c6ccccc6)(C2)C5(C4)C3)C1. The maximum absolute atomic E-state index is 14.0. The highest BCUT2D eigenvalue weighted by atomic mass is 16.2. The highest BCUT2D eigenvalue weighted by molar-refractivity contribution is 5.84. The Hall–Kier alpha value is -1.31. The van der Waals surface area contributed by atoms with Crippen LogP contribution in [0.25, 0.3) is 0 Å². The van der Waals surface area contributed by atoms with Crippen LogP contribution in [0.5, 0.6) is 0 Å². The number of amides is 1. The first-order valence-electron chi connectivity index (χ1n) is 11.2. The Balaban J connectivity index is 1.40. The van der Waals surface area contributed by atoms with Gasteiger partial charge in [-0.15, -0.1) is 0 Å². The number of likely N-dealkylation sites (tertiary alicyclic amines) is 1. The largest absolute Gasteiger partial charge is 0.342 e. The Kier molecular flexibility index (Phi) is 3.07. The Morgan fingerprint density at radius 1 is 1.07 bits per heavy atom. The molecule has 1 spiro atoms. The van der Waals surface area contributed by atoms with Crippen molar-refractivity contribution in [1.82, 2.24) is 4.90 Å². The molecule has 144 valence electrons. The predicted octanol–water partition coefficient (Wildman–Crippen LogP) is 5.17. The molecule has 0 N–H and O–H groups in total. The van der Waals surface area contributed by atoms with Gasteiger partial charge in [-0.05, 0) is 79.6 Å². The molecular formula is C25H33NO. The molecule has 0 radical (unpaired) electrons. The van der Waals surface area contributed by atoms with E-state index in [-0.39, 0.29) is 10.8 Å². The first-order valence-corrected chi connectivity index (χ1v) is 11.2. The number of fused-ring (bicyclic) bond motifs is 2. The normalized spacial score (nSPS) is 46.2. The highest BCUT2D eigenvalue weighted by Gasteiger charge is 2.79. The van der Waals surface area contributed by atoms with Crippen molar-refractivity contribution in [3.8, 4) is 0 Å². The van der Waals surface area contributed by atoms with Crippen molar-refractivity contribution in [2.45, 2.75) is 70.6 Å². The zero-order valence-corrected chi connectivity index (χ0v) is 17.0. The van der Waals surface area contributed by atoms with Gasteiger partial charge >= 0.3 is 0 Å². The molecule has 1 aliphatic heterocycles. The summed E-state index contributed by atoms with van der Waals surface area (Å²) in [5.41, 5.74) is 2.51. The summed E-state index contributed by atoms with van der Waals surface area (Å²) >= 11 is 0. The van der Waals surface area contributed by atoms with Crippen LogP contribution in [-0.4, -0.2) is 23.9 Å². The van der Waals surface area contributed by atoms with E-state index in [4.69, 9.17) is 0 Å². The van der Waals surface area contributed by atoms with Crippen molar-refractivity contribution in [3.63, 3.8) is 0 Å². The zero-order chi connectivity index (χ0) is 18.5. The van der Waals surface area contributed by atoms with E-state index in [1.165, 1.54) is 50.5 Å². The molecule has 4 saturated carbocycles. The predicted molar refractivity (Wildman–Crippen MR) is 107 cm³/mol. The van der Waals surface area contributed by atoms with Gasteiger partial charge in [0.05, 0.1) is 5.41 Å². The zero-order valence-electron chi connectivity index (χ0n) is 17.0. The van der Waals surface area contributed by atoms with Crippen molar-refractivity contribution in [1.29, 1.82) is 0 Å². The number of hydrogen-bond acceptors (Lipinski definition) is 1.